The lowest BCUT2D eigenvalue weighted by Crippen LogP contribution is -2.15. The minimum Gasteiger partial charge on any atom is -0.398 e. The quantitative estimate of drug-likeness (QED) is 0.505. The number of hydrogen-bond acceptors (Lipinski definition) is 5. The minimum atomic E-state index is -3.75. The van der Waals surface area contributed by atoms with E-state index >= 15 is 0 Å². The Kier molecular flexibility index (Phi) is 5.59. The van der Waals surface area contributed by atoms with Gasteiger partial charge in [0.2, 0.25) is 10.0 Å². The molecule has 7 heteroatoms. The van der Waals surface area contributed by atoms with Crippen molar-refractivity contribution in [2.24, 2.45) is 5.14 Å². The van der Waals surface area contributed by atoms with E-state index in [0.717, 1.165) is 31.6 Å². The Balaban J connectivity index is 2.51. The molecule has 0 saturated heterocycles. The van der Waals surface area contributed by atoms with Crippen LogP contribution in [0.5, 0.6) is 0 Å². The number of rotatable bonds is 7. The van der Waals surface area contributed by atoms with Crippen molar-refractivity contribution >= 4 is 21.4 Å². The number of hydrogen-bond donors (Lipinski definition) is 3. The van der Waals surface area contributed by atoms with Crippen LogP contribution in [0, 0.1) is 0 Å². The van der Waals surface area contributed by atoms with E-state index in [0.29, 0.717) is 0 Å². The Hall–Kier alpha value is -1.31. The van der Waals surface area contributed by atoms with Gasteiger partial charge in [-0.1, -0.05) is 0 Å². The first-order valence-corrected chi connectivity index (χ1v) is 7.66. The molecule has 1 aromatic rings. The average Bonchev–Trinajstić information content (AvgIpc) is 2.26. The number of sulfonamides is 1. The summed E-state index contributed by atoms with van der Waals surface area (Å²) < 4.78 is 22.4. The van der Waals surface area contributed by atoms with Gasteiger partial charge in [-0.3, -0.25) is 0 Å². The molecule has 0 aliphatic heterocycles. The molecule has 1 rings (SSSR count). The number of nitrogens with one attached hydrogen (secondary N) is 1. The normalized spacial score (nSPS) is 11.8. The summed E-state index contributed by atoms with van der Waals surface area (Å²) in [4.78, 5) is 2.10. The number of primary sulfonamides is 1. The fraction of sp³-hybridized carbons (Fsp3) is 0.500. The number of nitrogens with two attached hydrogens (primary N) is 2. The predicted molar refractivity (Wildman–Crippen MR) is 78.5 cm³/mol. The van der Waals surface area contributed by atoms with Crippen LogP contribution in [0.4, 0.5) is 11.4 Å². The largest absolute Gasteiger partial charge is 0.398 e. The average molecular weight is 286 g/mol. The van der Waals surface area contributed by atoms with E-state index in [2.05, 4.69) is 10.2 Å². The number of benzene rings is 1. The zero-order valence-corrected chi connectivity index (χ0v) is 12.2. The maximum absolute atomic E-state index is 11.2. The van der Waals surface area contributed by atoms with Crippen LogP contribution in [0.25, 0.3) is 0 Å². The first-order valence-electron chi connectivity index (χ1n) is 6.11. The highest BCUT2D eigenvalue weighted by Gasteiger charge is 2.11. The molecule has 0 aliphatic rings. The van der Waals surface area contributed by atoms with Gasteiger partial charge in [0.05, 0.1) is 5.69 Å². The summed E-state index contributed by atoms with van der Waals surface area (Å²) in [6, 6.07) is 4.68. The van der Waals surface area contributed by atoms with Crippen LogP contribution in [0.2, 0.25) is 0 Å². The summed E-state index contributed by atoms with van der Waals surface area (Å²) in [5, 5.41) is 8.25. The maximum atomic E-state index is 11.2. The number of unbranched alkanes of at least 4 members (excludes halogenated alkanes) is 1. The second kappa shape index (κ2) is 6.74. The third-order valence-electron chi connectivity index (χ3n) is 2.68. The van der Waals surface area contributed by atoms with Crippen LogP contribution < -0.4 is 16.2 Å². The molecule has 0 fully saturated rings. The molecule has 108 valence electrons. The van der Waals surface area contributed by atoms with Gasteiger partial charge in [-0.15, -0.1) is 0 Å². The monoisotopic (exact) mass is 286 g/mol. The fourth-order valence-corrected chi connectivity index (χ4v) is 2.35. The lowest BCUT2D eigenvalue weighted by Gasteiger charge is -2.11. The Morgan fingerprint density at radius 3 is 2.47 bits per heavy atom. The van der Waals surface area contributed by atoms with Gasteiger partial charge in [-0.05, 0) is 51.7 Å². The third-order valence-corrected chi connectivity index (χ3v) is 3.66. The molecular formula is C12H22N4O2S. The Morgan fingerprint density at radius 2 is 1.95 bits per heavy atom. The zero-order valence-electron chi connectivity index (χ0n) is 11.4. The molecule has 0 atom stereocenters. The van der Waals surface area contributed by atoms with Crippen molar-refractivity contribution < 1.29 is 8.42 Å². The lowest BCUT2D eigenvalue weighted by atomic mass is 10.2. The first-order chi connectivity index (χ1) is 8.80. The number of nitrogen functional groups attached to an aromatic ring is 1. The molecule has 0 amide bonds. The number of anilines is 2. The Morgan fingerprint density at radius 1 is 1.26 bits per heavy atom. The van der Waals surface area contributed by atoms with Crippen molar-refractivity contribution in [1.82, 2.24) is 4.90 Å². The highest BCUT2D eigenvalue weighted by Crippen LogP contribution is 2.21. The summed E-state index contributed by atoms with van der Waals surface area (Å²) in [6.45, 7) is 1.87. The molecule has 6 nitrogen and oxygen atoms in total. The smallest absolute Gasteiger partial charge is 0.240 e. The Labute approximate surface area is 114 Å². The van der Waals surface area contributed by atoms with Gasteiger partial charge in [0.15, 0.2) is 0 Å². The van der Waals surface area contributed by atoms with E-state index in [1.807, 2.05) is 14.1 Å². The molecule has 0 aromatic heterocycles. The highest BCUT2D eigenvalue weighted by molar-refractivity contribution is 7.89. The van der Waals surface area contributed by atoms with Gasteiger partial charge >= 0.3 is 0 Å². The van der Waals surface area contributed by atoms with Crippen LogP contribution in [0.15, 0.2) is 23.1 Å². The van der Waals surface area contributed by atoms with Crippen LogP contribution >= 0.6 is 0 Å². The Bertz CT molecular complexity index is 514. The second-order valence-electron chi connectivity index (χ2n) is 4.73. The molecule has 1 aromatic carbocycles. The van der Waals surface area contributed by atoms with Gasteiger partial charge in [0.25, 0.3) is 0 Å². The minimum absolute atomic E-state index is 0.0364. The first kappa shape index (κ1) is 15.7. The zero-order chi connectivity index (χ0) is 14.5. The van der Waals surface area contributed by atoms with Crippen molar-refractivity contribution in [3.05, 3.63) is 18.2 Å². The molecule has 0 unspecified atom stereocenters. The van der Waals surface area contributed by atoms with Crippen molar-refractivity contribution in [2.75, 3.05) is 38.2 Å². The van der Waals surface area contributed by atoms with E-state index in [4.69, 9.17) is 10.9 Å². The molecule has 0 spiro atoms. The van der Waals surface area contributed by atoms with Crippen molar-refractivity contribution in [3.8, 4) is 0 Å². The second-order valence-corrected chi connectivity index (χ2v) is 6.26. The number of nitrogens with zero attached hydrogens (tertiary/aromatic N) is 1. The van der Waals surface area contributed by atoms with Gasteiger partial charge in [0.1, 0.15) is 4.90 Å². The molecule has 19 heavy (non-hydrogen) atoms. The van der Waals surface area contributed by atoms with Crippen LogP contribution in [-0.4, -0.2) is 40.5 Å². The van der Waals surface area contributed by atoms with Crippen LogP contribution in [0.3, 0.4) is 0 Å². The SMILES string of the molecule is CN(C)CCCCNc1ccc(S(N)(=O)=O)c(N)c1. The van der Waals surface area contributed by atoms with Gasteiger partial charge in [-0.25, -0.2) is 13.6 Å². The van der Waals surface area contributed by atoms with Crippen molar-refractivity contribution in [2.45, 2.75) is 17.7 Å². The summed E-state index contributed by atoms with van der Waals surface area (Å²) in [5.41, 5.74) is 6.64. The molecule has 0 heterocycles. The third kappa shape index (κ3) is 5.46. The summed E-state index contributed by atoms with van der Waals surface area (Å²) in [6.07, 6.45) is 2.14. The van der Waals surface area contributed by atoms with Crippen molar-refractivity contribution in [3.63, 3.8) is 0 Å². The summed E-state index contributed by atoms with van der Waals surface area (Å²) >= 11 is 0. The van der Waals surface area contributed by atoms with E-state index in [1.54, 1.807) is 12.1 Å². The molecule has 0 saturated carbocycles. The molecule has 5 N–H and O–H groups in total. The molecular weight excluding hydrogens is 264 g/mol. The fourth-order valence-electron chi connectivity index (χ4n) is 1.70. The summed E-state index contributed by atoms with van der Waals surface area (Å²) in [5.74, 6) is 0. The van der Waals surface area contributed by atoms with Crippen LogP contribution in [-0.2, 0) is 10.0 Å². The topological polar surface area (TPSA) is 101 Å². The van der Waals surface area contributed by atoms with E-state index in [1.165, 1.54) is 6.07 Å². The van der Waals surface area contributed by atoms with Crippen molar-refractivity contribution in [1.29, 1.82) is 0 Å². The maximum Gasteiger partial charge on any atom is 0.240 e. The van der Waals surface area contributed by atoms with E-state index in [-0.39, 0.29) is 10.6 Å². The standard InChI is InChI=1S/C12H22N4O2S/c1-16(2)8-4-3-7-15-10-5-6-12(11(13)9-10)19(14,17)18/h5-6,9,15H,3-4,7-8,13H2,1-2H3,(H2,14,17,18). The molecule has 0 radical (unpaired) electrons. The van der Waals surface area contributed by atoms with E-state index < -0.39 is 10.0 Å². The molecule has 0 bridgehead atoms. The van der Waals surface area contributed by atoms with Gasteiger partial charge in [-0.2, -0.15) is 0 Å². The van der Waals surface area contributed by atoms with Crippen LogP contribution in [0.1, 0.15) is 12.8 Å². The predicted octanol–water partition coefficient (Wildman–Crippen LogP) is 0.670. The van der Waals surface area contributed by atoms with E-state index in [9.17, 15) is 8.42 Å². The van der Waals surface area contributed by atoms with Gasteiger partial charge < -0.3 is 16.0 Å². The highest BCUT2D eigenvalue weighted by atomic mass is 32.2. The molecule has 0 aliphatic carbocycles. The van der Waals surface area contributed by atoms with Gasteiger partial charge in [0, 0.05) is 12.2 Å². The lowest BCUT2D eigenvalue weighted by molar-refractivity contribution is 0.396. The summed E-state index contributed by atoms with van der Waals surface area (Å²) in [7, 11) is 0.336.